The number of imidazole rings is 1. The Labute approximate surface area is 80.0 Å². The minimum Gasteiger partial charge on any atom is -0.384 e. The van der Waals surface area contributed by atoms with Gasteiger partial charge < -0.3 is 10.3 Å². The van der Waals surface area contributed by atoms with Gasteiger partial charge in [-0.15, -0.1) is 0 Å². The number of aromatic nitrogens is 2. The second-order valence-electron chi connectivity index (χ2n) is 3.50. The maximum atomic E-state index is 5.82. The average Bonchev–Trinajstić information content (AvgIpc) is 2.43. The highest BCUT2D eigenvalue weighted by atomic mass is 15.1. The SMILES string of the molecule is CCCCCCc1ncn(C)c1N. The summed E-state index contributed by atoms with van der Waals surface area (Å²) in [5.74, 6) is 0.816. The third-order valence-corrected chi connectivity index (χ3v) is 2.33. The van der Waals surface area contributed by atoms with Crippen molar-refractivity contribution in [3.8, 4) is 0 Å². The van der Waals surface area contributed by atoms with Crippen LogP contribution < -0.4 is 5.73 Å². The summed E-state index contributed by atoms with van der Waals surface area (Å²) in [4.78, 5) is 4.25. The predicted octanol–water partition coefficient (Wildman–Crippen LogP) is 2.13. The summed E-state index contributed by atoms with van der Waals surface area (Å²) in [6.07, 6.45) is 7.88. The molecule has 0 bridgehead atoms. The van der Waals surface area contributed by atoms with E-state index >= 15 is 0 Å². The largest absolute Gasteiger partial charge is 0.384 e. The van der Waals surface area contributed by atoms with Crippen molar-refractivity contribution in [2.75, 3.05) is 5.73 Å². The van der Waals surface area contributed by atoms with E-state index in [0.717, 1.165) is 17.9 Å². The summed E-state index contributed by atoms with van der Waals surface area (Å²) in [6, 6.07) is 0. The molecular weight excluding hydrogens is 162 g/mol. The lowest BCUT2D eigenvalue weighted by Gasteiger charge is -1.99. The maximum absolute atomic E-state index is 5.82. The fourth-order valence-electron chi connectivity index (χ4n) is 1.40. The van der Waals surface area contributed by atoms with Crippen LogP contribution in [0.4, 0.5) is 5.82 Å². The van der Waals surface area contributed by atoms with Gasteiger partial charge in [0, 0.05) is 7.05 Å². The zero-order valence-electron chi connectivity index (χ0n) is 8.58. The van der Waals surface area contributed by atoms with Crippen molar-refractivity contribution < 1.29 is 0 Å². The van der Waals surface area contributed by atoms with Crippen LogP contribution in [0.5, 0.6) is 0 Å². The third kappa shape index (κ3) is 2.76. The Bertz CT molecular complexity index is 253. The quantitative estimate of drug-likeness (QED) is 0.707. The summed E-state index contributed by atoms with van der Waals surface area (Å²) in [7, 11) is 1.93. The number of aryl methyl sites for hydroxylation is 2. The smallest absolute Gasteiger partial charge is 0.126 e. The number of nitrogens with two attached hydrogens (primary N) is 1. The summed E-state index contributed by atoms with van der Waals surface area (Å²) < 4.78 is 1.87. The molecule has 0 saturated heterocycles. The fourth-order valence-corrected chi connectivity index (χ4v) is 1.40. The number of nitrogen functional groups attached to an aromatic ring is 1. The molecule has 3 nitrogen and oxygen atoms in total. The van der Waals surface area contributed by atoms with Crippen molar-refractivity contribution in [2.24, 2.45) is 7.05 Å². The van der Waals surface area contributed by atoms with Crippen LogP contribution in [0.15, 0.2) is 6.33 Å². The van der Waals surface area contributed by atoms with Crippen LogP contribution in [-0.4, -0.2) is 9.55 Å². The lowest BCUT2D eigenvalue weighted by atomic mass is 10.1. The maximum Gasteiger partial charge on any atom is 0.126 e. The molecule has 13 heavy (non-hydrogen) atoms. The van der Waals surface area contributed by atoms with E-state index in [1.54, 1.807) is 6.33 Å². The van der Waals surface area contributed by atoms with Gasteiger partial charge in [0.1, 0.15) is 5.82 Å². The molecule has 1 rings (SSSR count). The van der Waals surface area contributed by atoms with Crippen LogP contribution in [-0.2, 0) is 13.5 Å². The Balaban J connectivity index is 2.32. The number of unbranched alkanes of at least 4 members (excludes halogenated alkanes) is 3. The molecule has 0 spiro atoms. The van der Waals surface area contributed by atoms with E-state index in [2.05, 4.69) is 11.9 Å². The van der Waals surface area contributed by atoms with Gasteiger partial charge in [0.15, 0.2) is 0 Å². The highest BCUT2D eigenvalue weighted by Gasteiger charge is 2.03. The van der Waals surface area contributed by atoms with Gasteiger partial charge in [0.2, 0.25) is 0 Å². The lowest BCUT2D eigenvalue weighted by molar-refractivity contribution is 0.662. The zero-order valence-corrected chi connectivity index (χ0v) is 8.58. The van der Waals surface area contributed by atoms with E-state index in [1.807, 2.05) is 11.6 Å². The van der Waals surface area contributed by atoms with Gasteiger partial charge in [-0.25, -0.2) is 4.98 Å². The number of hydrogen-bond acceptors (Lipinski definition) is 2. The van der Waals surface area contributed by atoms with E-state index in [0.29, 0.717) is 0 Å². The molecule has 0 fully saturated rings. The predicted molar refractivity (Wildman–Crippen MR) is 55.5 cm³/mol. The zero-order chi connectivity index (χ0) is 9.68. The molecule has 0 aliphatic carbocycles. The molecule has 1 aromatic rings. The molecule has 0 atom stereocenters. The molecule has 0 aliphatic rings. The van der Waals surface area contributed by atoms with Crippen molar-refractivity contribution in [3.05, 3.63) is 12.0 Å². The summed E-state index contributed by atoms with van der Waals surface area (Å²) in [6.45, 7) is 2.22. The third-order valence-electron chi connectivity index (χ3n) is 2.33. The van der Waals surface area contributed by atoms with E-state index in [1.165, 1.54) is 25.7 Å². The van der Waals surface area contributed by atoms with E-state index in [4.69, 9.17) is 5.73 Å². The van der Waals surface area contributed by atoms with Gasteiger partial charge in [0.25, 0.3) is 0 Å². The lowest BCUT2D eigenvalue weighted by Crippen LogP contribution is -1.98. The van der Waals surface area contributed by atoms with Gasteiger partial charge in [-0.1, -0.05) is 26.2 Å². The Morgan fingerprint density at radius 3 is 2.69 bits per heavy atom. The van der Waals surface area contributed by atoms with E-state index in [9.17, 15) is 0 Å². The van der Waals surface area contributed by atoms with Crippen LogP contribution in [0.3, 0.4) is 0 Å². The van der Waals surface area contributed by atoms with Gasteiger partial charge >= 0.3 is 0 Å². The first-order valence-electron chi connectivity index (χ1n) is 5.01. The topological polar surface area (TPSA) is 43.8 Å². The van der Waals surface area contributed by atoms with Crippen LogP contribution in [0.2, 0.25) is 0 Å². The van der Waals surface area contributed by atoms with Crippen molar-refractivity contribution in [1.82, 2.24) is 9.55 Å². The highest BCUT2D eigenvalue weighted by Crippen LogP contribution is 2.12. The number of anilines is 1. The minimum absolute atomic E-state index is 0.816. The molecule has 0 aliphatic heterocycles. The van der Waals surface area contributed by atoms with Crippen LogP contribution in [0, 0.1) is 0 Å². The Morgan fingerprint density at radius 1 is 1.38 bits per heavy atom. The van der Waals surface area contributed by atoms with Gasteiger partial charge in [-0.2, -0.15) is 0 Å². The Kier molecular flexibility index (Phi) is 3.80. The Hall–Kier alpha value is -0.990. The number of nitrogens with zero attached hydrogens (tertiary/aromatic N) is 2. The molecular formula is C10H19N3. The Morgan fingerprint density at radius 2 is 2.15 bits per heavy atom. The molecule has 0 saturated carbocycles. The monoisotopic (exact) mass is 181 g/mol. The first-order chi connectivity index (χ1) is 6.25. The number of hydrogen-bond donors (Lipinski definition) is 1. The molecule has 2 N–H and O–H groups in total. The fraction of sp³-hybridized carbons (Fsp3) is 0.700. The minimum atomic E-state index is 0.816. The highest BCUT2D eigenvalue weighted by molar-refractivity contribution is 5.35. The van der Waals surface area contributed by atoms with E-state index < -0.39 is 0 Å². The van der Waals surface area contributed by atoms with Gasteiger partial charge in [-0.3, -0.25) is 0 Å². The van der Waals surface area contributed by atoms with Crippen LogP contribution in [0.25, 0.3) is 0 Å². The summed E-state index contributed by atoms with van der Waals surface area (Å²) >= 11 is 0. The molecule has 0 radical (unpaired) electrons. The summed E-state index contributed by atoms with van der Waals surface area (Å²) in [5.41, 5.74) is 6.87. The molecule has 0 unspecified atom stereocenters. The normalized spacial score (nSPS) is 10.6. The molecule has 1 heterocycles. The molecule has 1 aromatic heterocycles. The van der Waals surface area contributed by atoms with E-state index in [-0.39, 0.29) is 0 Å². The first kappa shape index (κ1) is 10.1. The van der Waals surface area contributed by atoms with Crippen molar-refractivity contribution in [2.45, 2.75) is 39.0 Å². The standard InChI is InChI=1S/C10H19N3/c1-3-4-5-6-7-9-10(11)13(2)8-12-9/h8H,3-7,11H2,1-2H3. The second-order valence-corrected chi connectivity index (χ2v) is 3.50. The average molecular weight is 181 g/mol. The van der Waals surface area contributed by atoms with Crippen LogP contribution in [0.1, 0.15) is 38.3 Å². The van der Waals surface area contributed by atoms with Crippen molar-refractivity contribution >= 4 is 5.82 Å². The van der Waals surface area contributed by atoms with Crippen molar-refractivity contribution in [3.63, 3.8) is 0 Å². The molecule has 3 heteroatoms. The van der Waals surface area contributed by atoms with Crippen molar-refractivity contribution in [1.29, 1.82) is 0 Å². The van der Waals surface area contributed by atoms with Gasteiger partial charge in [0.05, 0.1) is 12.0 Å². The first-order valence-corrected chi connectivity index (χ1v) is 5.01. The molecule has 0 amide bonds. The second kappa shape index (κ2) is 4.90. The number of rotatable bonds is 5. The van der Waals surface area contributed by atoms with Crippen LogP contribution >= 0.6 is 0 Å². The molecule has 0 aromatic carbocycles. The summed E-state index contributed by atoms with van der Waals surface area (Å²) in [5, 5.41) is 0. The molecule has 74 valence electrons. The van der Waals surface area contributed by atoms with Gasteiger partial charge in [-0.05, 0) is 12.8 Å².